The van der Waals surface area contributed by atoms with Gasteiger partial charge >= 0.3 is 0 Å². The highest BCUT2D eigenvalue weighted by Gasteiger charge is 2.10. The highest BCUT2D eigenvalue weighted by Crippen LogP contribution is 2.33. The highest BCUT2D eigenvalue weighted by atomic mass is 127. The SMILES string of the molecule is COc1cc(CNCc2ncccc2C)cc(I)c1OC. The number of hydrogen-bond acceptors (Lipinski definition) is 4. The van der Waals surface area contributed by atoms with Crippen LogP contribution in [0, 0.1) is 10.5 Å². The second kappa shape index (κ2) is 7.61. The number of pyridine rings is 1. The van der Waals surface area contributed by atoms with Gasteiger partial charge in [-0.1, -0.05) is 6.07 Å². The number of hydrogen-bond donors (Lipinski definition) is 1. The predicted octanol–water partition coefficient (Wildman–Crippen LogP) is 3.30. The van der Waals surface area contributed by atoms with Gasteiger partial charge in [-0.05, 0) is 58.8 Å². The zero-order valence-electron chi connectivity index (χ0n) is 12.4. The zero-order chi connectivity index (χ0) is 15.2. The Hall–Kier alpha value is -1.34. The molecule has 0 saturated carbocycles. The van der Waals surface area contributed by atoms with Gasteiger partial charge in [-0.15, -0.1) is 0 Å². The first-order chi connectivity index (χ1) is 10.2. The van der Waals surface area contributed by atoms with E-state index in [1.807, 2.05) is 18.3 Å². The van der Waals surface area contributed by atoms with E-state index in [9.17, 15) is 0 Å². The van der Waals surface area contributed by atoms with Crippen molar-refractivity contribution in [2.24, 2.45) is 0 Å². The molecule has 0 aliphatic carbocycles. The molecule has 21 heavy (non-hydrogen) atoms. The Morgan fingerprint density at radius 1 is 1.19 bits per heavy atom. The second-order valence-corrected chi connectivity index (χ2v) is 5.85. The van der Waals surface area contributed by atoms with E-state index in [1.54, 1.807) is 14.2 Å². The smallest absolute Gasteiger partial charge is 0.174 e. The fraction of sp³-hybridized carbons (Fsp3) is 0.312. The van der Waals surface area contributed by atoms with Gasteiger partial charge in [0.15, 0.2) is 11.5 Å². The third-order valence-electron chi connectivity index (χ3n) is 3.23. The molecule has 0 aliphatic rings. The number of ether oxygens (including phenoxy) is 2. The van der Waals surface area contributed by atoms with Crippen molar-refractivity contribution >= 4 is 22.6 Å². The van der Waals surface area contributed by atoms with E-state index in [1.165, 1.54) is 5.56 Å². The molecule has 112 valence electrons. The molecule has 0 atom stereocenters. The summed E-state index contributed by atoms with van der Waals surface area (Å²) in [5.41, 5.74) is 3.44. The van der Waals surface area contributed by atoms with Crippen LogP contribution in [0.3, 0.4) is 0 Å². The summed E-state index contributed by atoms with van der Waals surface area (Å²) in [6.07, 6.45) is 1.82. The Bertz CT molecular complexity index is 617. The molecule has 1 heterocycles. The van der Waals surface area contributed by atoms with Crippen LogP contribution in [0.1, 0.15) is 16.8 Å². The minimum absolute atomic E-state index is 0.748. The monoisotopic (exact) mass is 398 g/mol. The van der Waals surface area contributed by atoms with Crippen molar-refractivity contribution < 1.29 is 9.47 Å². The molecule has 0 unspecified atom stereocenters. The van der Waals surface area contributed by atoms with Crippen LogP contribution >= 0.6 is 22.6 Å². The Balaban J connectivity index is 2.04. The quantitative estimate of drug-likeness (QED) is 0.759. The van der Waals surface area contributed by atoms with Crippen LogP contribution in [0.4, 0.5) is 0 Å². The standard InChI is InChI=1S/C16H19IN2O2/c1-11-5-4-6-19-14(11)10-18-9-12-7-13(17)16(21-3)15(8-12)20-2/h4-8,18H,9-10H2,1-3H3. The van der Waals surface area contributed by atoms with Gasteiger partial charge in [0.1, 0.15) is 0 Å². The van der Waals surface area contributed by atoms with Crippen molar-refractivity contribution in [3.05, 3.63) is 50.9 Å². The number of halogens is 1. The number of aromatic nitrogens is 1. The van der Waals surface area contributed by atoms with Gasteiger partial charge in [-0.25, -0.2) is 0 Å². The molecular weight excluding hydrogens is 379 g/mol. The number of nitrogens with zero attached hydrogens (tertiary/aromatic N) is 1. The molecule has 0 spiro atoms. The molecular formula is C16H19IN2O2. The van der Waals surface area contributed by atoms with E-state index in [-0.39, 0.29) is 0 Å². The molecule has 0 amide bonds. The van der Waals surface area contributed by atoms with Gasteiger partial charge in [-0.3, -0.25) is 4.98 Å². The topological polar surface area (TPSA) is 43.4 Å². The lowest BCUT2D eigenvalue weighted by atomic mass is 10.2. The lowest BCUT2D eigenvalue weighted by Gasteiger charge is -2.12. The van der Waals surface area contributed by atoms with E-state index >= 15 is 0 Å². The molecule has 1 N–H and O–H groups in total. The summed E-state index contributed by atoms with van der Waals surface area (Å²) in [4.78, 5) is 4.38. The lowest BCUT2D eigenvalue weighted by Crippen LogP contribution is -2.14. The maximum Gasteiger partial charge on any atom is 0.174 e. The summed E-state index contributed by atoms with van der Waals surface area (Å²) in [6, 6.07) is 8.12. The van der Waals surface area contributed by atoms with Gasteiger partial charge in [-0.2, -0.15) is 0 Å². The number of methoxy groups -OCH3 is 2. The Kier molecular flexibility index (Phi) is 5.81. The molecule has 4 nitrogen and oxygen atoms in total. The Morgan fingerprint density at radius 3 is 2.67 bits per heavy atom. The van der Waals surface area contributed by atoms with Gasteiger partial charge in [0.2, 0.25) is 0 Å². The van der Waals surface area contributed by atoms with Crippen molar-refractivity contribution in [2.75, 3.05) is 14.2 Å². The Morgan fingerprint density at radius 2 is 2.00 bits per heavy atom. The van der Waals surface area contributed by atoms with Crippen LogP contribution in [-0.4, -0.2) is 19.2 Å². The fourth-order valence-electron chi connectivity index (χ4n) is 2.10. The summed E-state index contributed by atoms with van der Waals surface area (Å²) in [5.74, 6) is 1.54. The van der Waals surface area contributed by atoms with Gasteiger partial charge in [0, 0.05) is 19.3 Å². The maximum atomic E-state index is 5.37. The zero-order valence-corrected chi connectivity index (χ0v) is 14.6. The lowest BCUT2D eigenvalue weighted by molar-refractivity contribution is 0.352. The Labute approximate surface area is 139 Å². The molecule has 0 aliphatic heterocycles. The fourth-order valence-corrected chi connectivity index (χ4v) is 2.99. The van der Waals surface area contributed by atoms with Crippen LogP contribution in [0.15, 0.2) is 30.5 Å². The largest absolute Gasteiger partial charge is 0.493 e. The van der Waals surface area contributed by atoms with Crippen LogP contribution in [0.2, 0.25) is 0 Å². The number of nitrogens with one attached hydrogen (secondary N) is 1. The van der Waals surface area contributed by atoms with Crippen molar-refractivity contribution in [3.63, 3.8) is 0 Å². The van der Waals surface area contributed by atoms with Crippen LogP contribution in [0.25, 0.3) is 0 Å². The molecule has 0 saturated heterocycles. The summed E-state index contributed by atoms with van der Waals surface area (Å²) in [5, 5.41) is 3.41. The van der Waals surface area contributed by atoms with Gasteiger partial charge in [0.05, 0.1) is 23.5 Å². The van der Waals surface area contributed by atoms with Gasteiger partial charge < -0.3 is 14.8 Å². The average Bonchev–Trinajstić information content (AvgIpc) is 2.48. The molecule has 2 rings (SSSR count). The van der Waals surface area contributed by atoms with Crippen molar-refractivity contribution in [3.8, 4) is 11.5 Å². The van der Waals surface area contributed by atoms with E-state index in [4.69, 9.17) is 9.47 Å². The third-order valence-corrected chi connectivity index (χ3v) is 4.03. The molecule has 2 aromatic rings. The van der Waals surface area contributed by atoms with Gasteiger partial charge in [0.25, 0.3) is 0 Å². The molecule has 0 fully saturated rings. The first kappa shape index (κ1) is 16.0. The van der Waals surface area contributed by atoms with Crippen LogP contribution in [-0.2, 0) is 13.1 Å². The van der Waals surface area contributed by atoms with Crippen LogP contribution < -0.4 is 14.8 Å². The number of aryl methyl sites for hydroxylation is 1. The van der Waals surface area contributed by atoms with E-state index < -0.39 is 0 Å². The highest BCUT2D eigenvalue weighted by molar-refractivity contribution is 14.1. The molecule has 5 heteroatoms. The summed E-state index contributed by atoms with van der Waals surface area (Å²) in [6.45, 7) is 3.58. The van der Waals surface area contributed by atoms with E-state index in [0.717, 1.165) is 39.4 Å². The van der Waals surface area contributed by atoms with Crippen molar-refractivity contribution in [1.29, 1.82) is 0 Å². The van der Waals surface area contributed by atoms with E-state index in [2.05, 4.69) is 51.9 Å². The summed E-state index contributed by atoms with van der Waals surface area (Å²) < 4.78 is 11.8. The van der Waals surface area contributed by atoms with Crippen molar-refractivity contribution in [2.45, 2.75) is 20.0 Å². The average molecular weight is 398 g/mol. The first-order valence-electron chi connectivity index (χ1n) is 6.67. The van der Waals surface area contributed by atoms with Crippen LogP contribution in [0.5, 0.6) is 11.5 Å². The first-order valence-corrected chi connectivity index (χ1v) is 7.75. The third kappa shape index (κ3) is 4.07. The number of rotatable bonds is 6. The molecule has 0 bridgehead atoms. The maximum absolute atomic E-state index is 5.37. The van der Waals surface area contributed by atoms with Crippen molar-refractivity contribution in [1.82, 2.24) is 10.3 Å². The summed E-state index contributed by atoms with van der Waals surface area (Å²) in [7, 11) is 3.31. The predicted molar refractivity (Wildman–Crippen MR) is 91.8 cm³/mol. The minimum Gasteiger partial charge on any atom is -0.493 e. The van der Waals surface area contributed by atoms with E-state index in [0.29, 0.717) is 0 Å². The molecule has 1 aromatic heterocycles. The normalized spacial score (nSPS) is 10.5. The minimum atomic E-state index is 0.748. The number of benzene rings is 1. The second-order valence-electron chi connectivity index (χ2n) is 4.68. The molecule has 0 radical (unpaired) electrons. The summed E-state index contributed by atoms with van der Waals surface area (Å²) >= 11 is 2.26. The molecule has 1 aromatic carbocycles.